The van der Waals surface area contributed by atoms with Crippen LogP contribution in [0.3, 0.4) is 0 Å². The lowest BCUT2D eigenvalue weighted by atomic mass is 9.92. The molecule has 1 aliphatic heterocycles. The van der Waals surface area contributed by atoms with Crippen molar-refractivity contribution in [2.75, 3.05) is 0 Å². The van der Waals surface area contributed by atoms with Gasteiger partial charge < -0.3 is 15.1 Å². The maximum absolute atomic E-state index is 11.8. The second-order valence-electron chi connectivity index (χ2n) is 6.32. The van der Waals surface area contributed by atoms with Crippen molar-refractivity contribution in [1.82, 2.24) is 20.4 Å². The molecule has 6 nitrogen and oxygen atoms in total. The number of hydrogen-bond donors (Lipinski definition) is 2. The molecule has 0 bridgehead atoms. The van der Waals surface area contributed by atoms with E-state index in [1.165, 1.54) is 0 Å². The molecule has 3 rings (SSSR count). The van der Waals surface area contributed by atoms with Crippen LogP contribution in [0.15, 0.2) is 35.2 Å². The molecule has 3 heterocycles. The summed E-state index contributed by atoms with van der Waals surface area (Å²) in [5, 5.41) is 11.0. The molecule has 0 spiro atoms. The van der Waals surface area contributed by atoms with Gasteiger partial charge in [0.05, 0.1) is 18.5 Å². The lowest BCUT2D eigenvalue weighted by molar-refractivity contribution is -0.124. The van der Waals surface area contributed by atoms with Crippen LogP contribution in [0.1, 0.15) is 43.6 Å². The largest absolute Gasteiger partial charge is 0.469 e. The van der Waals surface area contributed by atoms with Crippen molar-refractivity contribution in [3.8, 4) is 0 Å². The zero-order valence-electron chi connectivity index (χ0n) is 13.7. The minimum absolute atomic E-state index is 0.0176. The van der Waals surface area contributed by atoms with Gasteiger partial charge in [0.2, 0.25) is 5.91 Å². The molecule has 1 unspecified atom stereocenters. The normalized spacial score (nSPS) is 22.8. The number of furan rings is 1. The van der Waals surface area contributed by atoms with Crippen LogP contribution in [-0.4, -0.2) is 27.8 Å². The second kappa shape index (κ2) is 7.00. The van der Waals surface area contributed by atoms with Crippen LogP contribution in [0.4, 0.5) is 0 Å². The van der Waals surface area contributed by atoms with E-state index in [1.54, 1.807) is 10.9 Å². The fraction of sp³-hybridized carbons (Fsp3) is 0.529. The molecule has 0 aliphatic carbocycles. The van der Waals surface area contributed by atoms with Crippen LogP contribution in [0, 0.1) is 0 Å². The lowest BCUT2D eigenvalue weighted by Crippen LogP contribution is -2.50. The van der Waals surface area contributed by atoms with Gasteiger partial charge in [-0.15, -0.1) is 0 Å². The van der Waals surface area contributed by atoms with Gasteiger partial charge in [0.25, 0.3) is 0 Å². The second-order valence-corrected chi connectivity index (χ2v) is 6.32. The van der Waals surface area contributed by atoms with Gasteiger partial charge in [0, 0.05) is 43.7 Å². The first-order chi connectivity index (χ1) is 11.1. The number of rotatable bonds is 6. The third kappa shape index (κ3) is 4.01. The Morgan fingerprint density at radius 2 is 2.43 bits per heavy atom. The van der Waals surface area contributed by atoms with Crippen LogP contribution in [-0.2, 0) is 18.3 Å². The molecule has 0 saturated carbocycles. The first-order valence-electron chi connectivity index (χ1n) is 8.18. The Balaban J connectivity index is 1.60. The topological polar surface area (TPSA) is 72.1 Å². The van der Waals surface area contributed by atoms with Crippen molar-refractivity contribution in [2.45, 2.75) is 50.7 Å². The van der Waals surface area contributed by atoms with Crippen molar-refractivity contribution in [3.05, 3.63) is 42.1 Å². The molecule has 1 aliphatic rings. The summed E-state index contributed by atoms with van der Waals surface area (Å²) in [6.07, 6.45) is 8.84. The zero-order valence-corrected chi connectivity index (χ0v) is 13.7. The quantitative estimate of drug-likeness (QED) is 0.854. The van der Waals surface area contributed by atoms with Crippen molar-refractivity contribution >= 4 is 5.91 Å². The molecule has 0 radical (unpaired) electrons. The Kier molecular flexibility index (Phi) is 4.81. The average Bonchev–Trinajstić information content (AvgIpc) is 3.18. The third-order valence-electron chi connectivity index (χ3n) is 4.39. The standard InChI is InChI=1S/C17H24N4O2/c1-12(5-6-14-4-3-9-23-14)19-15-7-8-16(22)20-17(15)13-10-18-21(2)11-13/h3-4,9-12,15,17,19H,5-8H2,1-2H3,(H,20,22)/t12?,15-,17+/m1/s1. The van der Waals surface area contributed by atoms with Gasteiger partial charge in [-0.25, -0.2) is 0 Å². The minimum Gasteiger partial charge on any atom is -0.469 e. The monoisotopic (exact) mass is 316 g/mol. The SMILES string of the molecule is CC(CCc1ccco1)N[C@@H]1CCC(=O)N[C@H]1c1cnn(C)c1. The number of piperidine rings is 1. The summed E-state index contributed by atoms with van der Waals surface area (Å²) in [4.78, 5) is 11.8. The van der Waals surface area contributed by atoms with E-state index < -0.39 is 0 Å². The summed E-state index contributed by atoms with van der Waals surface area (Å²) in [5.41, 5.74) is 1.05. The zero-order chi connectivity index (χ0) is 16.2. The van der Waals surface area contributed by atoms with E-state index in [-0.39, 0.29) is 18.0 Å². The van der Waals surface area contributed by atoms with E-state index in [0.717, 1.165) is 30.6 Å². The van der Waals surface area contributed by atoms with Crippen molar-refractivity contribution in [1.29, 1.82) is 0 Å². The summed E-state index contributed by atoms with van der Waals surface area (Å²) in [7, 11) is 1.89. The van der Waals surface area contributed by atoms with Crippen LogP contribution in [0.2, 0.25) is 0 Å². The summed E-state index contributed by atoms with van der Waals surface area (Å²) >= 11 is 0. The molecule has 3 atom stereocenters. The number of aromatic nitrogens is 2. The molecule has 23 heavy (non-hydrogen) atoms. The highest BCUT2D eigenvalue weighted by Crippen LogP contribution is 2.24. The molecule has 124 valence electrons. The number of aryl methyl sites for hydroxylation is 2. The first kappa shape index (κ1) is 15.8. The van der Waals surface area contributed by atoms with E-state index in [2.05, 4.69) is 22.7 Å². The summed E-state index contributed by atoms with van der Waals surface area (Å²) in [5.74, 6) is 1.12. The van der Waals surface area contributed by atoms with Crippen LogP contribution in [0.5, 0.6) is 0 Å². The fourth-order valence-corrected chi connectivity index (χ4v) is 3.16. The van der Waals surface area contributed by atoms with Gasteiger partial charge in [0.1, 0.15) is 5.76 Å². The van der Waals surface area contributed by atoms with Gasteiger partial charge in [0.15, 0.2) is 0 Å². The fourth-order valence-electron chi connectivity index (χ4n) is 3.16. The smallest absolute Gasteiger partial charge is 0.220 e. The Hall–Kier alpha value is -2.08. The van der Waals surface area contributed by atoms with Gasteiger partial charge in [-0.1, -0.05) is 0 Å². The van der Waals surface area contributed by atoms with Crippen LogP contribution < -0.4 is 10.6 Å². The Morgan fingerprint density at radius 1 is 1.57 bits per heavy atom. The summed E-state index contributed by atoms with van der Waals surface area (Å²) in [6, 6.07) is 4.48. The Labute approximate surface area is 136 Å². The third-order valence-corrected chi connectivity index (χ3v) is 4.39. The van der Waals surface area contributed by atoms with Gasteiger partial charge >= 0.3 is 0 Å². The molecule has 2 aromatic rings. The van der Waals surface area contributed by atoms with E-state index in [1.807, 2.05) is 31.6 Å². The predicted molar refractivity (Wildman–Crippen MR) is 86.7 cm³/mol. The van der Waals surface area contributed by atoms with Crippen LogP contribution >= 0.6 is 0 Å². The number of carbonyl (C=O) groups excluding carboxylic acids is 1. The molecule has 2 N–H and O–H groups in total. The first-order valence-corrected chi connectivity index (χ1v) is 8.18. The Morgan fingerprint density at radius 3 is 3.13 bits per heavy atom. The van der Waals surface area contributed by atoms with E-state index in [9.17, 15) is 4.79 Å². The minimum atomic E-state index is -0.0176. The molecular formula is C17H24N4O2. The molecule has 0 aromatic carbocycles. The molecule has 1 amide bonds. The maximum atomic E-state index is 11.8. The molecule has 1 saturated heterocycles. The molecule has 6 heteroatoms. The average molecular weight is 316 g/mol. The molecule has 1 fully saturated rings. The maximum Gasteiger partial charge on any atom is 0.220 e. The highest BCUT2D eigenvalue weighted by Gasteiger charge is 2.31. The lowest BCUT2D eigenvalue weighted by Gasteiger charge is -2.34. The number of nitrogens with zero attached hydrogens (tertiary/aromatic N) is 2. The summed E-state index contributed by atoms with van der Waals surface area (Å²) < 4.78 is 7.16. The number of amides is 1. The van der Waals surface area contributed by atoms with Crippen molar-refractivity contribution < 1.29 is 9.21 Å². The predicted octanol–water partition coefficient (Wildman–Crippen LogP) is 1.94. The van der Waals surface area contributed by atoms with Gasteiger partial charge in [-0.05, 0) is 31.9 Å². The van der Waals surface area contributed by atoms with E-state index >= 15 is 0 Å². The van der Waals surface area contributed by atoms with Crippen LogP contribution in [0.25, 0.3) is 0 Å². The van der Waals surface area contributed by atoms with Crippen molar-refractivity contribution in [2.24, 2.45) is 7.05 Å². The number of hydrogen-bond acceptors (Lipinski definition) is 4. The number of carbonyl (C=O) groups is 1. The van der Waals surface area contributed by atoms with E-state index in [4.69, 9.17) is 4.42 Å². The molecular weight excluding hydrogens is 292 g/mol. The Bertz CT molecular complexity index is 635. The van der Waals surface area contributed by atoms with Gasteiger partial charge in [-0.3, -0.25) is 9.48 Å². The highest BCUT2D eigenvalue weighted by molar-refractivity contribution is 5.77. The van der Waals surface area contributed by atoms with E-state index in [0.29, 0.717) is 12.5 Å². The van der Waals surface area contributed by atoms with Gasteiger partial charge in [-0.2, -0.15) is 5.10 Å². The number of nitrogens with one attached hydrogen (secondary N) is 2. The molecule has 2 aromatic heterocycles. The van der Waals surface area contributed by atoms with Crippen molar-refractivity contribution in [3.63, 3.8) is 0 Å². The summed E-state index contributed by atoms with van der Waals surface area (Å²) in [6.45, 7) is 2.18. The highest BCUT2D eigenvalue weighted by atomic mass is 16.3.